The van der Waals surface area contributed by atoms with Crippen LogP contribution in [-0.2, 0) is 26.0 Å². The molecule has 0 aliphatic carbocycles. The largest absolute Gasteiger partial charge is 0.487 e. The van der Waals surface area contributed by atoms with Crippen molar-refractivity contribution in [1.82, 2.24) is 14.5 Å². The van der Waals surface area contributed by atoms with Crippen molar-refractivity contribution in [2.75, 3.05) is 6.61 Å². The maximum atomic E-state index is 9.10. The highest BCUT2D eigenvalue weighted by Crippen LogP contribution is 2.17. The van der Waals surface area contributed by atoms with Crippen molar-refractivity contribution in [3.63, 3.8) is 0 Å². The summed E-state index contributed by atoms with van der Waals surface area (Å²) in [5, 5.41) is 9.10. The summed E-state index contributed by atoms with van der Waals surface area (Å²) in [4.78, 5) is 8.76. The van der Waals surface area contributed by atoms with E-state index in [1.54, 1.807) is 12.5 Å². The first-order valence-electron chi connectivity index (χ1n) is 11.7. The number of hydrogen-bond donors (Lipinski definition) is 1. The molecule has 1 N–H and O–H groups in total. The van der Waals surface area contributed by atoms with Gasteiger partial charge in [0.2, 0.25) is 5.89 Å². The van der Waals surface area contributed by atoms with Crippen LogP contribution in [-0.4, -0.2) is 26.2 Å². The number of imidazole rings is 1. The first-order chi connectivity index (χ1) is 16.7. The Kier molecular flexibility index (Phi) is 8.30. The zero-order valence-corrected chi connectivity index (χ0v) is 19.6. The Balaban J connectivity index is 1.19. The monoisotopic (exact) mass is 457 g/mol. The summed E-state index contributed by atoms with van der Waals surface area (Å²) < 4.78 is 13.5. The van der Waals surface area contributed by atoms with Crippen LogP contribution in [0.3, 0.4) is 0 Å². The number of unbranched alkanes of at least 4 members (excludes halogenated alkanes) is 1. The van der Waals surface area contributed by atoms with Crippen LogP contribution >= 0.6 is 0 Å². The van der Waals surface area contributed by atoms with E-state index in [1.807, 2.05) is 36.5 Å². The molecule has 4 rings (SSSR count). The third-order valence-corrected chi connectivity index (χ3v) is 5.59. The second-order valence-corrected chi connectivity index (χ2v) is 8.32. The van der Waals surface area contributed by atoms with Gasteiger partial charge in [-0.1, -0.05) is 42.0 Å². The molecular weight excluding hydrogens is 426 g/mol. The summed E-state index contributed by atoms with van der Waals surface area (Å²) >= 11 is 0. The predicted molar refractivity (Wildman–Crippen MR) is 133 cm³/mol. The van der Waals surface area contributed by atoms with E-state index in [0.29, 0.717) is 18.9 Å². The lowest BCUT2D eigenvalue weighted by Gasteiger charge is -2.08. The second-order valence-electron chi connectivity index (χ2n) is 8.32. The zero-order valence-electron chi connectivity index (χ0n) is 19.6. The van der Waals surface area contributed by atoms with E-state index in [9.17, 15) is 0 Å². The molecule has 0 bridgehead atoms. The minimum absolute atomic E-state index is 0.133. The lowest BCUT2D eigenvalue weighted by atomic mass is 10.1. The first-order valence-corrected chi connectivity index (χ1v) is 11.7. The molecule has 34 heavy (non-hydrogen) atoms. The van der Waals surface area contributed by atoms with Gasteiger partial charge in [-0.25, -0.2) is 9.97 Å². The summed E-state index contributed by atoms with van der Waals surface area (Å²) in [6.45, 7) is 3.50. The predicted octanol–water partition coefficient (Wildman–Crippen LogP) is 5.49. The van der Waals surface area contributed by atoms with Crippen LogP contribution in [0.4, 0.5) is 0 Å². The molecule has 4 aromatic rings. The number of ether oxygens (including phenoxy) is 1. The molecule has 0 aliphatic heterocycles. The van der Waals surface area contributed by atoms with Gasteiger partial charge >= 0.3 is 0 Å². The quantitative estimate of drug-likeness (QED) is 0.285. The number of aliphatic hydroxyl groups excluding tert-OH is 1. The molecule has 0 unspecified atom stereocenters. The Hall–Kier alpha value is -3.64. The van der Waals surface area contributed by atoms with Crippen LogP contribution in [0.5, 0.6) is 5.75 Å². The summed E-state index contributed by atoms with van der Waals surface area (Å²) in [7, 11) is 0. The minimum Gasteiger partial charge on any atom is -0.487 e. The maximum absolute atomic E-state index is 9.10. The summed E-state index contributed by atoms with van der Waals surface area (Å²) in [6.07, 6.45) is 13.1. The van der Waals surface area contributed by atoms with Crippen molar-refractivity contribution in [2.45, 2.75) is 45.8 Å². The third-order valence-electron chi connectivity index (χ3n) is 5.59. The van der Waals surface area contributed by atoms with Crippen LogP contribution in [0.2, 0.25) is 0 Å². The number of nitrogens with zero attached hydrogens (tertiary/aromatic N) is 3. The van der Waals surface area contributed by atoms with Gasteiger partial charge in [-0.15, -0.1) is 0 Å². The molecule has 0 amide bonds. The Morgan fingerprint density at radius 1 is 1.06 bits per heavy atom. The zero-order chi connectivity index (χ0) is 23.6. The van der Waals surface area contributed by atoms with Crippen LogP contribution in [0.15, 0.2) is 71.6 Å². The van der Waals surface area contributed by atoms with E-state index in [1.165, 1.54) is 11.1 Å². The highest BCUT2D eigenvalue weighted by molar-refractivity contribution is 5.66. The van der Waals surface area contributed by atoms with E-state index < -0.39 is 0 Å². The highest BCUT2D eigenvalue weighted by atomic mass is 16.5. The molecule has 2 aromatic carbocycles. The number of rotatable bonds is 12. The van der Waals surface area contributed by atoms with E-state index in [0.717, 1.165) is 48.6 Å². The van der Waals surface area contributed by atoms with Crippen LogP contribution < -0.4 is 4.74 Å². The average molecular weight is 458 g/mol. The summed E-state index contributed by atoms with van der Waals surface area (Å²) in [6, 6.07) is 16.5. The second kappa shape index (κ2) is 12.0. The van der Waals surface area contributed by atoms with Gasteiger partial charge < -0.3 is 18.8 Å². The van der Waals surface area contributed by atoms with Crippen LogP contribution in [0.1, 0.15) is 46.9 Å². The number of hydrogen-bond acceptors (Lipinski definition) is 5. The van der Waals surface area contributed by atoms with Gasteiger partial charge in [0.05, 0.1) is 6.61 Å². The van der Waals surface area contributed by atoms with Gasteiger partial charge in [-0.2, -0.15) is 0 Å². The Morgan fingerprint density at radius 3 is 2.76 bits per heavy atom. The van der Waals surface area contributed by atoms with Crippen molar-refractivity contribution in [3.05, 3.63) is 101 Å². The molecule has 6 heteroatoms. The van der Waals surface area contributed by atoms with Crippen molar-refractivity contribution in [2.24, 2.45) is 0 Å². The Morgan fingerprint density at radius 2 is 1.94 bits per heavy atom. The SMILES string of the molecule is Cc1cccc(C=Cc2nc(COc3ccc(CCCCn4ccnc4CCO)cc3)co2)c1. The van der Waals surface area contributed by atoms with E-state index >= 15 is 0 Å². The highest BCUT2D eigenvalue weighted by Gasteiger charge is 2.04. The van der Waals surface area contributed by atoms with Gasteiger partial charge in [-0.3, -0.25) is 0 Å². The number of aromatic nitrogens is 3. The van der Waals surface area contributed by atoms with Crippen molar-refractivity contribution in [1.29, 1.82) is 0 Å². The van der Waals surface area contributed by atoms with Crippen molar-refractivity contribution >= 4 is 12.2 Å². The standard InChI is InChI=1S/C28H31N3O3/c1-22-5-4-7-24(19-22)10-13-28-30-25(21-34-28)20-33-26-11-8-23(9-12-26)6-2-3-16-31-17-15-29-27(31)14-18-32/h4-5,7-13,15,17,19,21,32H,2-3,6,14,16,18,20H2,1H3. The Labute approximate surface area is 200 Å². The maximum Gasteiger partial charge on any atom is 0.218 e. The number of aryl methyl sites for hydroxylation is 3. The topological polar surface area (TPSA) is 73.3 Å². The fourth-order valence-electron chi connectivity index (χ4n) is 3.80. The van der Waals surface area contributed by atoms with Crippen molar-refractivity contribution in [3.8, 4) is 5.75 Å². The molecule has 6 nitrogen and oxygen atoms in total. The fraction of sp³-hybridized carbons (Fsp3) is 0.286. The minimum atomic E-state index is 0.133. The molecule has 2 heterocycles. The fourth-order valence-corrected chi connectivity index (χ4v) is 3.80. The summed E-state index contributed by atoms with van der Waals surface area (Å²) in [5.74, 6) is 2.33. The molecule has 0 saturated heterocycles. The molecule has 0 spiro atoms. The Bertz CT molecular complexity index is 1190. The number of benzene rings is 2. The summed E-state index contributed by atoms with van der Waals surface area (Å²) in [5.41, 5.74) is 4.38. The average Bonchev–Trinajstić information content (AvgIpc) is 3.50. The van der Waals surface area contributed by atoms with Gasteiger partial charge in [0, 0.05) is 31.4 Å². The van der Waals surface area contributed by atoms with Gasteiger partial charge in [-0.05, 0) is 55.5 Å². The normalized spacial score (nSPS) is 11.4. The van der Waals surface area contributed by atoms with Gasteiger partial charge in [0.25, 0.3) is 0 Å². The van der Waals surface area contributed by atoms with E-state index in [2.05, 4.69) is 51.8 Å². The molecule has 176 valence electrons. The lowest BCUT2D eigenvalue weighted by molar-refractivity contribution is 0.294. The molecule has 0 fully saturated rings. The molecule has 0 atom stereocenters. The van der Waals surface area contributed by atoms with Gasteiger partial charge in [0.1, 0.15) is 30.1 Å². The van der Waals surface area contributed by atoms with Crippen LogP contribution in [0, 0.1) is 6.92 Å². The van der Waals surface area contributed by atoms with E-state index in [-0.39, 0.29) is 6.61 Å². The molecule has 2 aromatic heterocycles. The smallest absolute Gasteiger partial charge is 0.218 e. The number of aliphatic hydroxyl groups is 1. The molecule has 0 aliphatic rings. The van der Waals surface area contributed by atoms with E-state index in [4.69, 9.17) is 14.3 Å². The first kappa shape index (κ1) is 23.5. The van der Waals surface area contributed by atoms with Gasteiger partial charge in [0.15, 0.2) is 0 Å². The lowest BCUT2D eigenvalue weighted by Crippen LogP contribution is -2.05. The third kappa shape index (κ3) is 6.93. The van der Waals surface area contributed by atoms with Crippen LogP contribution in [0.25, 0.3) is 12.2 Å². The molecule has 0 saturated carbocycles. The molecular formula is C28H31N3O3. The number of oxazole rings is 1. The van der Waals surface area contributed by atoms with Crippen molar-refractivity contribution < 1.29 is 14.3 Å². The molecule has 0 radical (unpaired) electrons.